The van der Waals surface area contributed by atoms with Crippen LogP contribution in [-0.4, -0.2) is 25.3 Å². The number of hydrogen-bond acceptors (Lipinski definition) is 10. The van der Waals surface area contributed by atoms with Crippen LogP contribution in [0.4, 0.5) is 39.8 Å². The van der Waals surface area contributed by atoms with Gasteiger partial charge in [0.15, 0.2) is 0 Å². The summed E-state index contributed by atoms with van der Waals surface area (Å²) in [6.45, 7) is 0. The second-order valence-corrected chi connectivity index (χ2v) is 9.80. The second-order valence-electron chi connectivity index (χ2n) is 7.86. The van der Waals surface area contributed by atoms with Crippen molar-refractivity contribution in [3.05, 3.63) is 93.0 Å². The zero-order valence-electron chi connectivity index (χ0n) is 18.9. The minimum Gasteiger partial charge on any atom is -0.266 e. The van der Waals surface area contributed by atoms with Gasteiger partial charge in [-0.15, -0.1) is 10.2 Å². The molecule has 4 aromatic carbocycles. The van der Waals surface area contributed by atoms with Crippen LogP contribution >= 0.6 is 0 Å². The maximum absolute atomic E-state index is 13.1. The second kappa shape index (κ2) is 8.83. The molecule has 13 nitrogen and oxygen atoms in total. The Morgan fingerprint density at radius 2 is 1.24 bits per heavy atom. The maximum atomic E-state index is 13.1. The Balaban J connectivity index is 1.63. The van der Waals surface area contributed by atoms with Crippen LogP contribution in [-0.2, 0) is 10.0 Å². The largest absolute Gasteiger partial charge is 0.269 e. The van der Waals surface area contributed by atoms with Gasteiger partial charge in [0, 0.05) is 42.1 Å². The van der Waals surface area contributed by atoms with Gasteiger partial charge in [0.1, 0.15) is 5.69 Å². The van der Waals surface area contributed by atoms with Gasteiger partial charge < -0.3 is 0 Å². The smallest absolute Gasteiger partial charge is 0.266 e. The monoisotopic (exact) mass is 517 g/mol. The molecule has 0 radical (unpaired) electrons. The lowest BCUT2D eigenvalue weighted by molar-refractivity contribution is -0.385. The number of nitro benzene ring substituents is 2. The molecule has 37 heavy (non-hydrogen) atoms. The third-order valence-electron chi connectivity index (χ3n) is 5.68. The number of non-ortho nitro benzene ring substituents is 2. The number of benzene rings is 4. The standard InChI is InChI=1S/C23H15N7O6S/c1-28-23-20(27-25-15-7-11-17(12-8-15)30(33)34)13-19(18-3-2-4-21(22(18)23)37(28,35)36)26-24-14-5-9-16(10-6-14)29(31)32/h2-13H,1H3. The lowest BCUT2D eigenvalue weighted by Gasteiger charge is -2.14. The van der Waals surface area contributed by atoms with Crippen LogP contribution in [0.5, 0.6) is 0 Å². The van der Waals surface area contributed by atoms with Gasteiger partial charge in [0.05, 0.1) is 37.5 Å². The highest BCUT2D eigenvalue weighted by molar-refractivity contribution is 7.93. The molecule has 1 aliphatic rings. The first-order valence-corrected chi connectivity index (χ1v) is 12.0. The Bertz CT molecular complexity index is 1750. The molecule has 0 saturated heterocycles. The van der Waals surface area contributed by atoms with Crippen LogP contribution in [0.3, 0.4) is 0 Å². The van der Waals surface area contributed by atoms with E-state index in [1.165, 1.54) is 67.7 Å². The van der Waals surface area contributed by atoms with Crippen molar-refractivity contribution < 1.29 is 18.3 Å². The van der Waals surface area contributed by atoms with Crippen molar-refractivity contribution in [2.45, 2.75) is 4.90 Å². The summed E-state index contributed by atoms with van der Waals surface area (Å²) in [5.74, 6) is 0. The number of azo groups is 2. The summed E-state index contributed by atoms with van der Waals surface area (Å²) >= 11 is 0. The molecule has 0 N–H and O–H groups in total. The summed E-state index contributed by atoms with van der Waals surface area (Å²) in [5.41, 5.74) is 1.29. The molecule has 5 rings (SSSR count). The molecule has 0 bridgehead atoms. The molecule has 0 saturated carbocycles. The Kier molecular flexibility index (Phi) is 5.64. The first kappa shape index (κ1) is 23.6. The van der Waals surface area contributed by atoms with Crippen LogP contribution in [0.1, 0.15) is 0 Å². The lowest BCUT2D eigenvalue weighted by Crippen LogP contribution is -2.21. The molecule has 1 aliphatic heterocycles. The molecule has 1 heterocycles. The quantitative estimate of drug-likeness (QED) is 0.158. The van der Waals surface area contributed by atoms with Crippen molar-refractivity contribution >= 4 is 60.6 Å². The molecule has 4 aromatic rings. The molecule has 0 unspecified atom stereocenters. The minimum absolute atomic E-state index is 0.0849. The van der Waals surface area contributed by atoms with Gasteiger partial charge in [-0.25, -0.2) is 8.42 Å². The van der Waals surface area contributed by atoms with E-state index in [9.17, 15) is 28.6 Å². The highest BCUT2D eigenvalue weighted by atomic mass is 32.2. The average molecular weight is 517 g/mol. The number of nitro groups is 2. The molecule has 0 aliphatic carbocycles. The normalized spacial score (nSPS) is 14.1. The molecule has 0 amide bonds. The van der Waals surface area contributed by atoms with Gasteiger partial charge in [0.25, 0.3) is 21.4 Å². The first-order valence-electron chi connectivity index (χ1n) is 10.6. The zero-order valence-corrected chi connectivity index (χ0v) is 19.7. The lowest BCUT2D eigenvalue weighted by atomic mass is 10.1. The van der Waals surface area contributed by atoms with Gasteiger partial charge in [-0.3, -0.25) is 24.5 Å². The Hall–Kier alpha value is -5.11. The van der Waals surface area contributed by atoms with Crippen LogP contribution in [0, 0.1) is 20.2 Å². The molecule has 0 atom stereocenters. The van der Waals surface area contributed by atoms with Crippen LogP contribution < -0.4 is 4.31 Å². The van der Waals surface area contributed by atoms with Gasteiger partial charge >= 0.3 is 0 Å². The van der Waals surface area contributed by atoms with Gasteiger partial charge in [0.2, 0.25) is 0 Å². The summed E-state index contributed by atoms with van der Waals surface area (Å²) < 4.78 is 27.2. The van der Waals surface area contributed by atoms with E-state index < -0.39 is 19.9 Å². The Labute approximate surface area is 208 Å². The first-order chi connectivity index (χ1) is 17.7. The van der Waals surface area contributed by atoms with E-state index in [4.69, 9.17) is 0 Å². The van der Waals surface area contributed by atoms with E-state index in [-0.39, 0.29) is 22.0 Å². The summed E-state index contributed by atoms with van der Waals surface area (Å²) in [4.78, 5) is 20.8. The predicted octanol–water partition coefficient (Wildman–Crippen LogP) is 6.63. The summed E-state index contributed by atoms with van der Waals surface area (Å²) in [5, 5.41) is 39.5. The van der Waals surface area contributed by atoms with Crippen LogP contribution in [0.25, 0.3) is 10.8 Å². The van der Waals surface area contributed by atoms with Crippen LogP contribution in [0.15, 0.2) is 98.1 Å². The molecule has 184 valence electrons. The maximum Gasteiger partial charge on any atom is 0.269 e. The number of hydrogen-bond donors (Lipinski definition) is 0. The molecular formula is C23H15N7O6S. The van der Waals surface area contributed by atoms with Crippen molar-refractivity contribution in [1.82, 2.24) is 0 Å². The minimum atomic E-state index is -3.83. The molecule has 14 heteroatoms. The molecule has 0 aromatic heterocycles. The topological polar surface area (TPSA) is 173 Å². The van der Waals surface area contributed by atoms with Gasteiger partial charge in [-0.05, 0) is 36.4 Å². The SMILES string of the molecule is CN1c2c(N=Nc3ccc([N+](=O)[O-])cc3)cc(N=Nc3ccc([N+](=O)[O-])cc3)c3cccc(c23)S1(=O)=O. The number of nitrogens with zero attached hydrogens (tertiary/aromatic N) is 7. The average Bonchev–Trinajstić information content (AvgIpc) is 3.10. The summed E-state index contributed by atoms with van der Waals surface area (Å²) in [7, 11) is -2.42. The van der Waals surface area contributed by atoms with Crippen molar-refractivity contribution in [1.29, 1.82) is 0 Å². The van der Waals surface area contributed by atoms with Crippen LogP contribution in [0.2, 0.25) is 0 Å². The Morgan fingerprint density at radius 1 is 0.730 bits per heavy atom. The fraction of sp³-hybridized carbons (Fsp3) is 0.0435. The molecule has 0 fully saturated rings. The highest BCUT2D eigenvalue weighted by Crippen LogP contribution is 2.50. The van der Waals surface area contributed by atoms with E-state index in [0.29, 0.717) is 33.5 Å². The third-order valence-corrected chi connectivity index (χ3v) is 7.48. The van der Waals surface area contributed by atoms with E-state index in [1.54, 1.807) is 12.1 Å². The highest BCUT2D eigenvalue weighted by Gasteiger charge is 2.36. The van der Waals surface area contributed by atoms with E-state index in [0.717, 1.165) is 4.31 Å². The number of anilines is 1. The van der Waals surface area contributed by atoms with E-state index >= 15 is 0 Å². The van der Waals surface area contributed by atoms with Gasteiger partial charge in [-0.1, -0.05) is 12.1 Å². The fourth-order valence-electron chi connectivity index (χ4n) is 3.86. The van der Waals surface area contributed by atoms with Crippen molar-refractivity contribution in [2.75, 3.05) is 11.4 Å². The van der Waals surface area contributed by atoms with Crippen molar-refractivity contribution in [3.8, 4) is 0 Å². The number of sulfonamides is 1. The summed E-state index contributed by atoms with van der Waals surface area (Å²) in [6.07, 6.45) is 0. The number of rotatable bonds is 6. The Morgan fingerprint density at radius 3 is 1.76 bits per heavy atom. The summed E-state index contributed by atoms with van der Waals surface area (Å²) in [6, 6.07) is 17.2. The molecule has 0 spiro atoms. The fourth-order valence-corrected chi connectivity index (χ4v) is 5.29. The third kappa shape index (κ3) is 4.14. The van der Waals surface area contributed by atoms with Crippen molar-refractivity contribution in [3.63, 3.8) is 0 Å². The van der Waals surface area contributed by atoms with Gasteiger partial charge in [-0.2, -0.15) is 10.2 Å². The zero-order chi connectivity index (χ0) is 26.3. The molecular weight excluding hydrogens is 502 g/mol. The van der Waals surface area contributed by atoms with Crippen molar-refractivity contribution in [2.24, 2.45) is 20.5 Å². The van der Waals surface area contributed by atoms with E-state index in [1.807, 2.05) is 0 Å². The predicted molar refractivity (Wildman–Crippen MR) is 134 cm³/mol. The van der Waals surface area contributed by atoms with E-state index in [2.05, 4.69) is 20.5 Å².